The molecular formula is C33H42O4Si. The zero-order valence-corrected chi connectivity index (χ0v) is 24.2. The van der Waals surface area contributed by atoms with Gasteiger partial charge in [0.05, 0.1) is 33.0 Å². The van der Waals surface area contributed by atoms with E-state index < -0.39 is 14.4 Å². The Hall–Kier alpha value is -2.96. The molecule has 1 atom stereocenters. The molecular weight excluding hydrogens is 488 g/mol. The maximum absolute atomic E-state index is 10.7. The maximum Gasteiger partial charge on any atom is 0.261 e. The SMILES string of the molecule is C=CC/C(=C\CO[Si](c1ccccc1)(c1ccccc1)C(C)(C)C)C[C@@H](O)COCc1ccc(OC)cc1. The van der Waals surface area contributed by atoms with Crippen LogP contribution in [-0.4, -0.2) is 39.9 Å². The number of hydrogen-bond donors (Lipinski definition) is 1. The summed E-state index contributed by atoms with van der Waals surface area (Å²) < 4.78 is 18.0. The van der Waals surface area contributed by atoms with Crippen LogP contribution in [0.1, 0.15) is 39.2 Å². The summed E-state index contributed by atoms with van der Waals surface area (Å²) >= 11 is 0. The lowest BCUT2D eigenvalue weighted by molar-refractivity contribution is 0.0286. The van der Waals surface area contributed by atoms with Crippen molar-refractivity contribution in [2.75, 3.05) is 20.3 Å². The van der Waals surface area contributed by atoms with Gasteiger partial charge >= 0.3 is 0 Å². The van der Waals surface area contributed by atoms with E-state index in [1.54, 1.807) is 7.11 Å². The van der Waals surface area contributed by atoms with Gasteiger partial charge in [-0.25, -0.2) is 0 Å². The molecule has 0 heterocycles. The van der Waals surface area contributed by atoms with E-state index in [-0.39, 0.29) is 11.6 Å². The van der Waals surface area contributed by atoms with Gasteiger partial charge in [-0.05, 0) is 45.9 Å². The number of rotatable bonds is 14. The molecule has 0 saturated heterocycles. The van der Waals surface area contributed by atoms with Gasteiger partial charge in [-0.3, -0.25) is 0 Å². The first-order valence-corrected chi connectivity index (χ1v) is 15.1. The average molecular weight is 531 g/mol. The summed E-state index contributed by atoms with van der Waals surface area (Å²) in [4.78, 5) is 0. The second kappa shape index (κ2) is 14.3. The van der Waals surface area contributed by atoms with Crippen LogP contribution in [0.15, 0.2) is 109 Å². The van der Waals surface area contributed by atoms with Gasteiger partial charge in [-0.1, -0.05) is 111 Å². The van der Waals surface area contributed by atoms with Gasteiger partial charge < -0.3 is 19.0 Å². The third-order valence-electron chi connectivity index (χ3n) is 6.73. The molecule has 0 unspecified atom stereocenters. The first-order chi connectivity index (χ1) is 18.3. The smallest absolute Gasteiger partial charge is 0.261 e. The minimum absolute atomic E-state index is 0.0864. The molecule has 0 aliphatic carbocycles. The zero-order chi connectivity index (χ0) is 27.4. The zero-order valence-electron chi connectivity index (χ0n) is 23.2. The fourth-order valence-electron chi connectivity index (χ4n) is 4.88. The normalized spacial score (nSPS) is 13.2. The van der Waals surface area contributed by atoms with Crippen molar-refractivity contribution in [3.63, 3.8) is 0 Å². The standard InChI is InChI=1S/C33H42O4Si/c1-6-13-27(24-29(34)26-36-25-28-18-20-30(35-5)21-19-28)22-23-37-38(33(2,3)4,31-14-9-7-10-15-31)32-16-11-8-12-17-32/h6-12,14-22,29,34H,1,13,23-26H2,2-5H3/b27-22+/t29-/m1/s1. The van der Waals surface area contributed by atoms with Crippen LogP contribution in [0, 0.1) is 0 Å². The maximum atomic E-state index is 10.7. The van der Waals surface area contributed by atoms with Crippen LogP contribution in [0.25, 0.3) is 0 Å². The van der Waals surface area contributed by atoms with Crippen LogP contribution in [0.5, 0.6) is 5.75 Å². The van der Waals surface area contributed by atoms with E-state index in [1.165, 1.54) is 10.4 Å². The lowest BCUT2D eigenvalue weighted by atomic mass is 10.1. The number of hydrogen-bond acceptors (Lipinski definition) is 4. The van der Waals surface area contributed by atoms with Crippen LogP contribution in [0.2, 0.25) is 5.04 Å². The fourth-order valence-corrected chi connectivity index (χ4v) is 9.37. The van der Waals surface area contributed by atoms with Gasteiger partial charge in [0.25, 0.3) is 8.32 Å². The predicted molar refractivity (Wildman–Crippen MR) is 160 cm³/mol. The first-order valence-electron chi connectivity index (χ1n) is 13.2. The summed E-state index contributed by atoms with van der Waals surface area (Å²) in [5.41, 5.74) is 2.14. The van der Waals surface area contributed by atoms with Crippen molar-refractivity contribution < 1.29 is 19.0 Å². The number of ether oxygens (including phenoxy) is 2. The van der Waals surface area contributed by atoms with Crippen LogP contribution >= 0.6 is 0 Å². The topological polar surface area (TPSA) is 47.9 Å². The van der Waals surface area contributed by atoms with E-state index in [2.05, 4.69) is 94.1 Å². The van der Waals surface area contributed by atoms with Crippen molar-refractivity contribution in [1.82, 2.24) is 0 Å². The molecule has 0 saturated carbocycles. The molecule has 0 spiro atoms. The summed E-state index contributed by atoms with van der Waals surface area (Å²) in [5, 5.41) is 13.1. The third kappa shape index (κ3) is 7.78. The molecule has 3 aromatic carbocycles. The lowest BCUT2D eigenvalue weighted by Crippen LogP contribution is -2.66. The molecule has 0 aliphatic rings. The molecule has 0 amide bonds. The third-order valence-corrected chi connectivity index (χ3v) is 11.7. The molecule has 3 rings (SSSR count). The Balaban J connectivity index is 1.71. The Labute approximate surface area is 229 Å². The van der Waals surface area contributed by atoms with E-state index in [0.29, 0.717) is 26.1 Å². The molecule has 5 heteroatoms. The Morgan fingerprint density at radius 3 is 2.00 bits per heavy atom. The lowest BCUT2D eigenvalue weighted by Gasteiger charge is -2.42. The summed E-state index contributed by atoms with van der Waals surface area (Å²) in [7, 11) is -0.962. The molecule has 0 radical (unpaired) electrons. The summed E-state index contributed by atoms with van der Waals surface area (Å²) in [5.74, 6) is 0.813. The van der Waals surface area contributed by atoms with Crippen molar-refractivity contribution >= 4 is 18.7 Å². The van der Waals surface area contributed by atoms with E-state index in [1.807, 2.05) is 30.3 Å². The molecule has 0 aliphatic heterocycles. The number of methoxy groups -OCH3 is 1. The van der Waals surface area contributed by atoms with Crippen molar-refractivity contribution in [3.05, 3.63) is 115 Å². The fraction of sp³-hybridized carbons (Fsp3) is 0.333. The van der Waals surface area contributed by atoms with E-state index in [4.69, 9.17) is 13.9 Å². The molecule has 4 nitrogen and oxygen atoms in total. The molecule has 38 heavy (non-hydrogen) atoms. The number of allylic oxidation sites excluding steroid dienone is 1. The monoisotopic (exact) mass is 530 g/mol. The Bertz CT molecular complexity index is 1100. The molecule has 0 aromatic heterocycles. The average Bonchev–Trinajstić information content (AvgIpc) is 2.92. The molecule has 202 valence electrons. The minimum atomic E-state index is -2.61. The highest BCUT2D eigenvalue weighted by Gasteiger charge is 2.49. The molecule has 1 N–H and O–H groups in total. The van der Waals surface area contributed by atoms with Crippen molar-refractivity contribution in [2.24, 2.45) is 0 Å². The van der Waals surface area contributed by atoms with E-state index in [9.17, 15) is 5.11 Å². The van der Waals surface area contributed by atoms with Crippen LogP contribution < -0.4 is 15.1 Å². The minimum Gasteiger partial charge on any atom is -0.497 e. The number of aliphatic hydroxyl groups is 1. The van der Waals surface area contributed by atoms with Crippen LogP contribution in [0.4, 0.5) is 0 Å². The first kappa shape index (κ1) is 29.6. The van der Waals surface area contributed by atoms with E-state index in [0.717, 1.165) is 16.9 Å². The van der Waals surface area contributed by atoms with Gasteiger partial charge in [0.2, 0.25) is 0 Å². The van der Waals surface area contributed by atoms with Gasteiger partial charge in [-0.2, -0.15) is 0 Å². The van der Waals surface area contributed by atoms with Gasteiger partial charge in [0, 0.05) is 0 Å². The van der Waals surface area contributed by atoms with Crippen LogP contribution in [0.3, 0.4) is 0 Å². The highest BCUT2D eigenvalue weighted by molar-refractivity contribution is 6.99. The summed E-state index contributed by atoms with van der Waals surface area (Å²) in [6.07, 6.45) is 4.60. The predicted octanol–water partition coefficient (Wildman–Crippen LogP) is 6.04. The van der Waals surface area contributed by atoms with Gasteiger partial charge in [-0.15, -0.1) is 6.58 Å². The van der Waals surface area contributed by atoms with E-state index >= 15 is 0 Å². The Kier molecular flexibility index (Phi) is 11.1. The Morgan fingerprint density at radius 2 is 1.50 bits per heavy atom. The van der Waals surface area contributed by atoms with Crippen molar-refractivity contribution in [2.45, 2.75) is 51.4 Å². The highest BCUT2D eigenvalue weighted by atomic mass is 28.4. The molecule has 3 aromatic rings. The highest BCUT2D eigenvalue weighted by Crippen LogP contribution is 2.36. The molecule has 0 fully saturated rings. The summed E-state index contributed by atoms with van der Waals surface area (Å²) in [6, 6.07) is 29.0. The number of benzene rings is 3. The van der Waals surface area contributed by atoms with Crippen LogP contribution in [-0.2, 0) is 15.8 Å². The number of aliphatic hydroxyl groups excluding tert-OH is 1. The Morgan fingerprint density at radius 1 is 0.921 bits per heavy atom. The molecule has 0 bridgehead atoms. The second-order valence-electron chi connectivity index (χ2n) is 10.6. The van der Waals surface area contributed by atoms with Crippen molar-refractivity contribution in [3.8, 4) is 5.75 Å². The van der Waals surface area contributed by atoms with Crippen molar-refractivity contribution in [1.29, 1.82) is 0 Å². The largest absolute Gasteiger partial charge is 0.497 e. The van der Waals surface area contributed by atoms with Gasteiger partial charge in [0.1, 0.15) is 5.75 Å². The van der Waals surface area contributed by atoms with Gasteiger partial charge in [0.15, 0.2) is 0 Å². The quantitative estimate of drug-likeness (QED) is 0.204. The summed E-state index contributed by atoms with van der Waals surface area (Å²) in [6.45, 7) is 11.9. The second-order valence-corrected chi connectivity index (χ2v) is 14.9.